The van der Waals surface area contributed by atoms with E-state index in [1.807, 2.05) is 13.0 Å². The van der Waals surface area contributed by atoms with Gasteiger partial charge in [0.2, 0.25) is 0 Å². The summed E-state index contributed by atoms with van der Waals surface area (Å²) < 4.78 is 11.7. The van der Waals surface area contributed by atoms with E-state index in [9.17, 15) is 9.59 Å². The molecule has 0 aliphatic rings. The van der Waals surface area contributed by atoms with Crippen molar-refractivity contribution in [1.82, 2.24) is 5.43 Å². The second-order valence-corrected chi connectivity index (χ2v) is 7.45. The highest BCUT2D eigenvalue weighted by atomic mass is 79.9. The Labute approximate surface area is 193 Å². The third-order valence-electron chi connectivity index (χ3n) is 4.06. The molecule has 0 spiro atoms. The molecule has 0 bridgehead atoms. The fourth-order valence-corrected chi connectivity index (χ4v) is 3.29. The maximum Gasteiger partial charge on any atom is 0.345 e. The molecule has 0 unspecified atom stereocenters. The van der Waals surface area contributed by atoms with Crippen LogP contribution in [-0.4, -0.2) is 24.7 Å². The van der Waals surface area contributed by atoms with Gasteiger partial charge in [-0.3, -0.25) is 4.79 Å². The first-order chi connectivity index (χ1) is 15.0. The van der Waals surface area contributed by atoms with E-state index in [-0.39, 0.29) is 17.2 Å². The van der Waals surface area contributed by atoms with E-state index in [1.165, 1.54) is 6.21 Å². The summed E-state index contributed by atoms with van der Waals surface area (Å²) in [4.78, 5) is 24.7. The second kappa shape index (κ2) is 10.7. The van der Waals surface area contributed by atoms with Gasteiger partial charge in [-0.15, -0.1) is 0 Å². The van der Waals surface area contributed by atoms with Crippen LogP contribution in [0.5, 0.6) is 11.5 Å². The SMILES string of the molecule is CCOc1cc(/C=N/NC(=O)c2ccccc2Br)ccc1OC(=O)c1ccccc1Cl. The minimum atomic E-state index is -0.589. The van der Waals surface area contributed by atoms with Gasteiger partial charge in [-0.05, 0) is 70.9 Å². The Morgan fingerprint density at radius 2 is 1.74 bits per heavy atom. The summed E-state index contributed by atoms with van der Waals surface area (Å²) in [5.74, 6) is -0.321. The van der Waals surface area contributed by atoms with E-state index < -0.39 is 5.97 Å². The fraction of sp³-hybridized carbons (Fsp3) is 0.0870. The first-order valence-electron chi connectivity index (χ1n) is 9.31. The predicted octanol–water partition coefficient (Wildman–Crippen LogP) is 5.48. The average Bonchev–Trinajstić information content (AvgIpc) is 2.76. The molecule has 0 atom stereocenters. The van der Waals surface area contributed by atoms with E-state index >= 15 is 0 Å². The van der Waals surface area contributed by atoms with E-state index in [1.54, 1.807) is 60.7 Å². The van der Waals surface area contributed by atoms with E-state index in [0.29, 0.717) is 33.0 Å². The molecule has 0 aliphatic carbocycles. The Hall–Kier alpha value is -3.16. The molecular formula is C23H18BrClN2O4. The topological polar surface area (TPSA) is 77.0 Å². The molecule has 3 aromatic rings. The number of hydrazone groups is 1. The molecule has 0 aliphatic heterocycles. The number of hydrogen-bond acceptors (Lipinski definition) is 5. The summed E-state index contributed by atoms with van der Waals surface area (Å²) in [6.45, 7) is 2.19. The summed E-state index contributed by atoms with van der Waals surface area (Å²) in [5, 5.41) is 4.28. The summed E-state index contributed by atoms with van der Waals surface area (Å²) in [5.41, 5.74) is 3.85. The molecular weight excluding hydrogens is 484 g/mol. The van der Waals surface area contributed by atoms with Crippen LogP contribution in [0.4, 0.5) is 0 Å². The van der Waals surface area contributed by atoms with E-state index in [2.05, 4.69) is 26.5 Å². The molecule has 3 aromatic carbocycles. The number of carbonyl (C=O) groups is 2. The average molecular weight is 502 g/mol. The molecule has 6 nitrogen and oxygen atoms in total. The Bertz CT molecular complexity index is 1130. The van der Waals surface area contributed by atoms with Crippen LogP contribution in [0.15, 0.2) is 76.3 Å². The molecule has 158 valence electrons. The minimum Gasteiger partial charge on any atom is -0.490 e. The zero-order valence-electron chi connectivity index (χ0n) is 16.5. The second-order valence-electron chi connectivity index (χ2n) is 6.19. The van der Waals surface area contributed by atoms with Crippen LogP contribution >= 0.6 is 27.5 Å². The van der Waals surface area contributed by atoms with Gasteiger partial charge in [0.05, 0.1) is 29.0 Å². The standard InChI is InChI=1S/C23H18BrClN2O4/c1-2-30-21-13-15(14-26-27-22(28)16-7-3-5-9-18(16)24)11-12-20(21)31-23(29)17-8-4-6-10-19(17)25/h3-14H,2H2,1H3,(H,27,28)/b26-14+. The van der Waals surface area contributed by atoms with Gasteiger partial charge in [-0.25, -0.2) is 10.2 Å². The molecule has 1 amide bonds. The van der Waals surface area contributed by atoms with Crippen LogP contribution in [0.3, 0.4) is 0 Å². The van der Waals surface area contributed by atoms with Gasteiger partial charge in [0.25, 0.3) is 5.91 Å². The fourth-order valence-electron chi connectivity index (χ4n) is 2.61. The molecule has 8 heteroatoms. The van der Waals surface area contributed by atoms with Crippen molar-refractivity contribution >= 4 is 45.6 Å². The lowest BCUT2D eigenvalue weighted by Gasteiger charge is -2.12. The van der Waals surface area contributed by atoms with Crippen LogP contribution in [0.25, 0.3) is 0 Å². The monoisotopic (exact) mass is 500 g/mol. The van der Waals surface area contributed by atoms with Crippen molar-refractivity contribution in [2.24, 2.45) is 5.10 Å². The number of hydrogen-bond donors (Lipinski definition) is 1. The van der Waals surface area contributed by atoms with Crippen LogP contribution in [0.2, 0.25) is 5.02 Å². The third kappa shape index (κ3) is 5.93. The van der Waals surface area contributed by atoms with E-state index in [4.69, 9.17) is 21.1 Å². The first-order valence-corrected chi connectivity index (χ1v) is 10.5. The predicted molar refractivity (Wildman–Crippen MR) is 123 cm³/mol. The van der Waals surface area contributed by atoms with Crippen molar-refractivity contribution in [2.75, 3.05) is 6.61 Å². The van der Waals surface area contributed by atoms with Gasteiger partial charge in [0, 0.05) is 4.47 Å². The molecule has 0 saturated carbocycles. The van der Waals surface area contributed by atoms with Gasteiger partial charge >= 0.3 is 5.97 Å². The number of benzene rings is 3. The lowest BCUT2D eigenvalue weighted by atomic mass is 10.2. The first kappa shape index (κ1) is 22.5. The Morgan fingerprint density at radius 3 is 2.45 bits per heavy atom. The van der Waals surface area contributed by atoms with Crippen molar-refractivity contribution in [3.63, 3.8) is 0 Å². The molecule has 3 rings (SSSR count). The minimum absolute atomic E-state index is 0.251. The maximum atomic E-state index is 12.4. The highest BCUT2D eigenvalue weighted by Crippen LogP contribution is 2.29. The van der Waals surface area contributed by atoms with Crippen molar-refractivity contribution in [3.05, 3.63) is 92.9 Å². The third-order valence-corrected chi connectivity index (χ3v) is 5.08. The van der Waals surface area contributed by atoms with E-state index in [0.717, 1.165) is 0 Å². The lowest BCUT2D eigenvalue weighted by Crippen LogP contribution is -2.18. The van der Waals surface area contributed by atoms with Gasteiger partial charge in [-0.1, -0.05) is 35.9 Å². The van der Waals surface area contributed by atoms with Crippen molar-refractivity contribution in [1.29, 1.82) is 0 Å². The summed E-state index contributed by atoms with van der Waals surface area (Å²) in [6.07, 6.45) is 1.47. The number of amides is 1. The normalized spacial score (nSPS) is 10.7. The quantitative estimate of drug-likeness (QED) is 0.201. The smallest absolute Gasteiger partial charge is 0.345 e. The molecule has 0 aromatic heterocycles. The van der Waals surface area contributed by atoms with Crippen LogP contribution in [-0.2, 0) is 0 Å². The number of nitrogens with one attached hydrogen (secondary N) is 1. The maximum absolute atomic E-state index is 12.4. The highest BCUT2D eigenvalue weighted by molar-refractivity contribution is 9.10. The Balaban J connectivity index is 1.73. The van der Waals surface area contributed by atoms with Crippen LogP contribution < -0.4 is 14.9 Å². The Morgan fingerprint density at radius 1 is 1.03 bits per heavy atom. The largest absolute Gasteiger partial charge is 0.490 e. The molecule has 0 fully saturated rings. The number of halogens is 2. The van der Waals surface area contributed by atoms with Crippen molar-refractivity contribution < 1.29 is 19.1 Å². The summed E-state index contributed by atoms with van der Waals surface area (Å²) in [6, 6.07) is 18.6. The van der Waals surface area contributed by atoms with Crippen molar-refractivity contribution in [3.8, 4) is 11.5 Å². The number of rotatable bonds is 7. The molecule has 0 radical (unpaired) electrons. The number of nitrogens with zero attached hydrogens (tertiary/aromatic N) is 1. The molecule has 31 heavy (non-hydrogen) atoms. The van der Waals surface area contributed by atoms with Gasteiger partial charge < -0.3 is 9.47 Å². The summed E-state index contributed by atoms with van der Waals surface area (Å²) in [7, 11) is 0. The zero-order chi connectivity index (χ0) is 22.2. The van der Waals surface area contributed by atoms with Crippen molar-refractivity contribution in [2.45, 2.75) is 6.92 Å². The molecule has 0 saturated heterocycles. The van der Waals surface area contributed by atoms with Crippen LogP contribution in [0, 0.1) is 0 Å². The molecule has 0 heterocycles. The zero-order valence-corrected chi connectivity index (χ0v) is 18.8. The highest BCUT2D eigenvalue weighted by Gasteiger charge is 2.15. The number of ether oxygens (including phenoxy) is 2. The summed E-state index contributed by atoms with van der Waals surface area (Å²) >= 11 is 9.39. The van der Waals surface area contributed by atoms with Gasteiger partial charge in [-0.2, -0.15) is 5.10 Å². The number of esters is 1. The number of carbonyl (C=O) groups excluding carboxylic acids is 2. The molecule has 1 N–H and O–H groups in total. The Kier molecular flexibility index (Phi) is 7.81. The van der Waals surface area contributed by atoms with Gasteiger partial charge in [0.15, 0.2) is 11.5 Å². The lowest BCUT2D eigenvalue weighted by molar-refractivity contribution is 0.0728. The van der Waals surface area contributed by atoms with Crippen LogP contribution in [0.1, 0.15) is 33.2 Å². The van der Waals surface area contributed by atoms with Gasteiger partial charge in [0.1, 0.15) is 0 Å².